The van der Waals surface area contributed by atoms with Crippen molar-refractivity contribution in [2.45, 2.75) is 6.92 Å². The van der Waals surface area contributed by atoms with Crippen LogP contribution in [0.1, 0.15) is 6.92 Å². The molecular formula is C17H16O4. The van der Waals surface area contributed by atoms with Gasteiger partial charge >= 0.3 is 5.97 Å². The Balaban J connectivity index is 2.27. The SMILES string of the molecule is C=C(C)C(=O)Oc1ccc(-c2ccc(O)cc2OC)cc1. The molecule has 0 heterocycles. The topological polar surface area (TPSA) is 55.8 Å². The van der Waals surface area contributed by atoms with E-state index in [1.165, 1.54) is 0 Å². The van der Waals surface area contributed by atoms with Gasteiger partial charge in [0.25, 0.3) is 0 Å². The fourth-order valence-electron chi connectivity index (χ4n) is 1.82. The van der Waals surface area contributed by atoms with Gasteiger partial charge < -0.3 is 14.6 Å². The first kappa shape index (κ1) is 14.7. The third-order valence-electron chi connectivity index (χ3n) is 2.91. The Morgan fingerprint density at radius 1 is 1.14 bits per heavy atom. The summed E-state index contributed by atoms with van der Waals surface area (Å²) in [7, 11) is 1.54. The highest BCUT2D eigenvalue weighted by atomic mass is 16.5. The predicted molar refractivity (Wildman–Crippen MR) is 80.5 cm³/mol. The quantitative estimate of drug-likeness (QED) is 0.530. The second kappa shape index (κ2) is 6.13. The largest absolute Gasteiger partial charge is 0.508 e. The summed E-state index contributed by atoms with van der Waals surface area (Å²) in [5, 5.41) is 9.47. The minimum absolute atomic E-state index is 0.141. The molecule has 0 spiro atoms. The Morgan fingerprint density at radius 3 is 2.38 bits per heavy atom. The molecule has 0 aliphatic rings. The Labute approximate surface area is 123 Å². The monoisotopic (exact) mass is 284 g/mol. The minimum atomic E-state index is -0.454. The number of benzene rings is 2. The molecule has 2 aromatic carbocycles. The molecule has 21 heavy (non-hydrogen) atoms. The van der Waals surface area contributed by atoms with E-state index in [0.29, 0.717) is 17.1 Å². The summed E-state index contributed by atoms with van der Waals surface area (Å²) in [6, 6.07) is 11.9. The van der Waals surface area contributed by atoms with Crippen molar-refractivity contribution < 1.29 is 19.4 Å². The van der Waals surface area contributed by atoms with Crippen LogP contribution in [0.15, 0.2) is 54.6 Å². The standard InChI is InChI=1S/C17H16O4/c1-11(2)17(19)21-14-7-4-12(5-8-14)15-9-6-13(18)10-16(15)20-3/h4-10,18H,1H2,2-3H3. The fourth-order valence-corrected chi connectivity index (χ4v) is 1.82. The van der Waals surface area contributed by atoms with E-state index in [9.17, 15) is 9.90 Å². The third kappa shape index (κ3) is 3.42. The molecule has 4 heteroatoms. The number of phenols is 1. The summed E-state index contributed by atoms with van der Waals surface area (Å²) in [5.41, 5.74) is 2.08. The van der Waals surface area contributed by atoms with E-state index in [4.69, 9.17) is 9.47 Å². The molecule has 0 aliphatic carbocycles. The second-order valence-corrected chi connectivity index (χ2v) is 4.58. The molecule has 0 aliphatic heterocycles. The number of ether oxygens (including phenoxy) is 2. The highest BCUT2D eigenvalue weighted by Gasteiger charge is 2.09. The van der Waals surface area contributed by atoms with Crippen LogP contribution in [0.2, 0.25) is 0 Å². The van der Waals surface area contributed by atoms with Crippen molar-refractivity contribution in [3.63, 3.8) is 0 Å². The number of hydrogen-bond donors (Lipinski definition) is 1. The van der Waals surface area contributed by atoms with Crippen molar-refractivity contribution >= 4 is 5.97 Å². The molecule has 0 unspecified atom stereocenters. The Kier molecular flexibility index (Phi) is 4.28. The van der Waals surface area contributed by atoms with Crippen molar-refractivity contribution in [2.75, 3.05) is 7.11 Å². The molecule has 0 atom stereocenters. The van der Waals surface area contributed by atoms with E-state index in [-0.39, 0.29) is 5.75 Å². The number of esters is 1. The van der Waals surface area contributed by atoms with Crippen LogP contribution < -0.4 is 9.47 Å². The molecule has 0 amide bonds. The van der Waals surface area contributed by atoms with Gasteiger partial charge in [0.15, 0.2) is 0 Å². The lowest BCUT2D eigenvalue weighted by molar-refractivity contribution is -0.130. The van der Waals surface area contributed by atoms with Gasteiger partial charge in [-0.2, -0.15) is 0 Å². The van der Waals surface area contributed by atoms with Gasteiger partial charge in [-0.25, -0.2) is 4.79 Å². The number of carbonyl (C=O) groups excluding carboxylic acids is 1. The van der Waals surface area contributed by atoms with E-state index < -0.39 is 5.97 Å². The molecule has 1 N–H and O–H groups in total. The lowest BCUT2D eigenvalue weighted by Crippen LogP contribution is -2.07. The average molecular weight is 284 g/mol. The molecule has 2 aromatic rings. The summed E-state index contributed by atoms with van der Waals surface area (Å²) in [5.74, 6) is 0.707. The Morgan fingerprint density at radius 2 is 1.81 bits per heavy atom. The van der Waals surface area contributed by atoms with Gasteiger partial charge in [0.2, 0.25) is 0 Å². The van der Waals surface area contributed by atoms with Gasteiger partial charge in [-0.1, -0.05) is 18.7 Å². The van der Waals surface area contributed by atoms with Gasteiger partial charge in [-0.15, -0.1) is 0 Å². The highest BCUT2D eigenvalue weighted by molar-refractivity contribution is 5.88. The van der Waals surface area contributed by atoms with Crippen molar-refractivity contribution in [1.29, 1.82) is 0 Å². The average Bonchev–Trinajstić information content (AvgIpc) is 2.48. The lowest BCUT2D eigenvalue weighted by Gasteiger charge is -2.10. The predicted octanol–water partition coefficient (Wildman–Crippen LogP) is 3.55. The van der Waals surface area contributed by atoms with Crippen LogP contribution >= 0.6 is 0 Å². The molecule has 0 saturated heterocycles. The van der Waals surface area contributed by atoms with Gasteiger partial charge in [0.05, 0.1) is 7.11 Å². The van der Waals surface area contributed by atoms with Gasteiger partial charge in [-0.3, -0.25) is 0 Å². The molecule has 4 nitrogen and oxygen atoms in total. The Hall–Kier alpha value is -2.75. The number of phenolic OH excluding ortho intramolecular Hbond substituents is 1. The van der Waals surface area contributed by atoms with E-state index in [0.717, 1.165) is 11.1 Å². The van der Waals surface area contributed by atoms with Crippen molar-refractivity contribution in [1.82, 2.24) is 0 Å². The zero-order valence-electron chi connectivity index (χ0n) is 11.9. The maximum Gasteiger partial charge on any atom is 0.338 e. The highest BCUT2D eigenvalue weighted by Crippen LogP contribution is 2.33. The smallest absolute Gasteiger partial charge is 0.338 e. The molecule has 0 radical (unpaired) electrons. The number of aromatic hydroxyl groups is 1. The van der Waals surface area contributed by atoms with Crippen LogP contribution in [0.3, 0.4) is 0 Å². The van der Waals surface area contributed by atoms with E-state index in [1.54, 1.807) is 44.4 Å². The van der Waals surface area contributed by atoms with Crippen LogP contribution in [-0.2, 0) is 4.79 Å². The van der Waals surface area contributed by atoms with Crippen LogP contribution in [0.5, 0.6) is 17.2 Å². The zero-order chi connectivity index (χ0) is 15.4. The van der Waals surface area contributed by atoms with Crippen molar-refractivity contribution in [2.24, 2.45) is 0 Å². The summed E-state index contributed by atoms with van der Waals surface area (Å²) in [4.78, 5) is 11.4. The molecule has 0 saturated carbocycles. The number of hydrogen-bond acceptors (Lipinski definition) is 4. The third-order valence-corrected chi connectivity index (χ3v) is 2.91. The molecule has 0 aromatic heterocycles. The van der Waals surface area contributed by atoms with Gasteiger partial charge in [-0.05, 0) is 36.8 Å². The van der Waals surface area contributed by atoms with Crippen LogP contribution in [0.25, 0.3) is 11.1 Å². The van der Waals surface area contributed by atoms with Gasteiger partial charge in [0.1, 0.15) is 17.2 Å². The van der Waals surface area contributed by atoms with Crippen LogP contribution in [-0.4, -0.2) is 18.2 Å². The minimum Gasteiger partial charge on any atom is -0.508 e. The molecular weight excluding hydrogens is 268 g/mol. The normalized spacial score (nSPS) is 10.0. The Bertz CT molecular complexity index is 672. The lowest BCUT2D eigenvalue weighted by atomic mass is 10.0. The summed E-state index contributed by atoms with van der Waals surface area (Å²) >= 11 is 0. The molecule has 0 bridgehead atoms. The fraction of sp³-hybridized carbons (Fsp3) is 0.118. The first-order valence-corrected chi connectivity index (χ1v) is 6.36. The number of rotatable bonds is 4. The van der Waals surface area contributed by atoms with Gasteiger partial charge in [0, 0.05) is 17.2 Å². The van der Waals surface area contributed by atoms with E-state index >= 15 is 0 Å². The van der Waals surface area contributed by atoms with Crippen LogP contribution in [0.4, 0.5) is 0 Å². The molecule has 2 rings (SSSR count). The van der Waals surface area contributed by atoms with E-state index in [2.05, 4.69) is 6.58 Å². The molecule has 0 fully saturated rings. The zero-order valence-corrected chi connectivity index (χ0v) is 11.9. The summed E-state index contributed by atoms with van der Waals surface area (Å²) in [6.45, 7) is 5.13. The second-order valence-electron chi connectivity index (χ2n) is 4.58. The van der Waals surface area contributed by atoms with Crippen molar-refractivity contribution in [3.8, 4) is 28.4 Å². The first-order valence-electron chi connectivity index (χ1n) is 6.36. The first-order chi connectivity index (χ1) is 10.0. The maximum atomic E-state index is 11.4. The van der Waals surface area contributed by atoms with Crippen LogP contribution in [0, 0.1) is 0 Å². The summed E-state index contributed by atoms with van der Waals surface area (Å²) < 4.78 is 10.4. The van der Waals surface area contributed by atoms with Crippen molar-refractivity contribution in [3.05, 3.63) is 54.6 Å². The molecule has 108 valence electrons. The van der Waals surface area contributed by atoms with E-state index in [1.807, 2.05) is 12.1 Å². The number of carbonyl (C=O) groups is 1. The maximum absolute atomic E-state index is 11.4. The summed E-state index contributed by atoms with van der Waals surface area (Å²) in [6.07, 6.45) is 0. The number of methoxy groups -OCH3 is 1.